The summed E-state index contributed by atoms with van der Waals surface area (Å²) in [6.45, 7) is 0.841. The van der Waals surface area contributed by atoms with Gasteiger partial charge in [-0.15, -0.1) is 0 Å². The maximum Gasteiger partial charge on any atom is 0.129 e. The Morgan fingerprint density at radius 2 is 2.12 bits per heavy atom. The molecule has 5 heteroatoms. The molecule has 3 N–H and O–H groups in total. The molecule has 0 aliphatic carbocycles. The molecule has 17 heavy (non-hydrogen) atoms. The van der Waals surface area contributed by atoms with Gasteiger partial charge in [0.05, 0.1) is 12.2 Å². The van der Waals surface area contributed by atoms with Gasteiger partial charge in [0.25, 0.3) is 0 Å². The summed E-state index contributed by atoms with van der Waals surface area (Å²) < 4.78 is 6.55. The molecule has 0 aliphatic rings. The van der Waals surface area contributed by atoms with Crippen molar-refractivity contribution in [3.05, 3.63) is 28.2 Å². The largest absolute Gasteiger partial charge is 0.493 e. The highest BCUT2D eigenvalue weighted by molar-refractivity contribution is 9.10. The van der Waals surface area contributed by atoms with E-state index >= 15 is 0 Å². The summed E-state index contributed by atoms with van der Waals surface area (Å²) in [5, 5.41) is 8.65. The fourth-order valence-corrected chi connectivity index (χ4v) is 1.91. The average molecular weight is 318 g/mol. The van der Waals surface area contributed by atoms with E-state index in [-0.39, 0.29) is 6.61 Å². The van der Waals surface area contributed by atoms with Crippen molar-refractivity contribution in [2.24, 2.45) is 5.73 Å². The molecule has 0 unspecified atom stereocenters. The van der Waals surface area contributed by atoms with Crippen LogP contribution in [-0.2, 0) is 0 Å². The first-order valence-electron chi connectivity index (χ1n) is 5.48. The van der Waals surface area contributed by atoms with E-state index in [2.05, 4.69) is 15.9 Å². The number of halogens is 1. The Bertz CT molecular complexity index is 385. The van der Waals surface area contributed by atoms with Crippen molar-refractivity contribution in [1.82, 2.24) is 0 Å². The van der Waals surface area contributed by atoms with Crippen molar-refractivity contribution >= 4 is 33.1 Å². The van der Waals surface area contributed by atoms with E-state index < -0.39 is 0 Å². The summed E-state index contributed by atoms with van der Waals surface area (Å²) >= 11 is 8.34. The molecule has 0 bridgehead atoms. The number of hydrogen-bond donors (Lipinski definition) is 2. The highest BCUT2D eigenvalue weighted by atomic mass is 79.9. The van der Waals surface area contributed by atoms with Crippen molar-refractivity contribution in [3.63, 3.8) is 0 Å². The third-order valence-electron chi connectivity index (χ3n) is 2.27. The Morgan fingerprint density at radius 1 is 1.35 bits per heavy atom. The highest BCUT2D eigenvalue weighted by Crippen LogP contribution is 2.23. The first-order valence-corrected chi connectivity index (χ1v) is 6.68. The fraction of sp³-hybridized carbons (Fsp3) is 0.417. The van der Waals surface area contributed by atoms with Gasteiger partial charge in [-0.25, -0.2) is 0 Å². The predicted octanol–water partition coefficient (Wildman–Crippen LogP) is 2.62. The lowest BCUT2D eigenvalue weighted by atomic mass is 10.2. The topological polar surface area (TPSA) is 55.5 Å². The van der Waals surface area contributed by atoms with E-state index in [1.54, 1.807) is 0 Å². The standard InChI is InChI=1S/C12H16BrNO2S/c13-9-4-5-11(10(8-9)12(14)17)16-7-3-1-2-6-15/h4-5,8,15H,1-3,6-7H2,(H2,14,17). The fourth-order valence-electron chi connectivity index (χ4n) is 1.39. The number of nitrogens with two attached hydrogens (primary N) is 1. The summed E-state index contributed by atoms with van der Waals surface area (Å²) in [4.78, 5) is 0.330. The zero-order chi connectivity index (χ0) is 12.7. The van der Waals surface area contributed by atoms with Crippen LogP contribution >= 0.6 is 28.1 Å². The van der Waals surface area contributed by atoms with Crippen molar-refractivity contribution < 1.29 is 9.84 Å². The third kappa shape index (κ3) is 5.02. The number of aliphatic hydroxyl groups is 1. The first kappa shape index (κ1) is 14.4. The van der Waals surface area contributed by atoms with Crippen LogP contribution in [0.2, 0.25) is 0 Å². The zero-order valence-corrected chi connectivity index (χ0v) is 11.9. The monoisotopic (exact) mass is 317 g/mol. The van der Waals surface area contributed by atoms with Gasteiger partial charge >= 0.3 is 0 Å². The van der Waals surface area contributed by atoms with E-state index in [1.165, 1.54) is 0 Å². The van der Waals surface area contributed by atoms with E-state index in [0.717, 1.165) is 29.3 Å². The zero-order valence-electron chi connectivity index (χ0n) is 9.49. The maximum atomic E-state index is 8.65. The number of benzene rings is 1. The summed E-state index contributed by atoms with van der Waals surface area (Å²) in [6, 6.07) is 5.60. The minimum atomic E-state index is 0.233. The summed E-state index contributed by atoms with van der Waals surface area (Å²) in [7, 11) is 0. The Morgan fingerprint density at radius 3 is 2.76 bits per heavy atom. The lowest BCUT2D eigenvalue weighted by Gasteiger charge is -2.10. The van der Waals surface area contributed by atoms with E-state index in [0.29, 0.717) is 17.3 Å². The second-order valence-electron chi connectivity index (χ2n) is 3.64. The molecular weight excluding hydrogens is 302 g/mol. The normalized spacial score (nSPS) is 10.2. The van der Waals surface area contributed by atoms with Gasteiger partial charge in [-0.05, 0) is 37.5 Å². The van der Waals surface area contributed by atoms with Crippen LogP contribution in [0.15, 0.2) is 22.7 Å². The minimum Gasteiger partial charge on any atom is -0.493 e. The lowest BCUT2D eigenvalue weighted by Crippen LogP contribution is -2.12. The molecule has 0 saturated heterocycles. The number of unbranched alkanes of at least 4 members (excludes halogenated alkanes) is 2. The molecule has 1 aromatic carbocycles. The van der Waals surface area contributed by atoms with E-state index in [4.69, 9.17) is 27.8 Å². The van der Waals surface area contributed by atoms with Crippen LogP contribution in [0.4, 0.5) is 0 Å². The molecule has 0 heterocycles. The number of ether oxygens (including phenoxy) is 1. The first-order chi connectivity index (χ1) is 8.15. The molecule has 0 fully saturated rings. The molecule has 1 rings (SSSR count). The predicted molar refractivity (Wildman–Crippen MR) is 76.5 cm³/mol. The molecule has 94 valence electrons. The van der Waals surface area contributed by atoms with Gasteiger partial charge in [-0.3, -0.25) is 0 Å². The van der Waals surface area contributed by atoms with Gasteiger partial charge in [0.2, 0.25) is 0 Å². The third-order valence-corrected chi connectivity index (χ3v) is 2.98. The molecule has 0 spiro atoms. The van der Waals surface area contributed by atoms with Crippen molar-refractivity contribution in [3.8, 4) is 5.75 Å². The average Bonchev–Trinajstić information content (AvgIpc) is 2.30. The van der Waals surface area contributed by atoms with Gasteiger partial charge < -0.3 is 15.6 Å². The van der Waals surface area contributed by atoms with Crippen LogP contribution in [-0.4, -0.2) is 23.3 Å². The van der Waals surface area contributed by atoms with Crippen LogP contribution < -0.4 is 10.5 Å². The van der Waals surface area contributed by atoms with Crippen LogP contribution in [0, 0.1) is 0 Å². The number of rotatable bonds is 7. The molecule has 0 aliphatic heterocycles. The van der Waals surface area contributed by atoms with E-state index in [9.17, 15) is 0 Å². The van der Waals surface area contributed by atoms with E-state index in [1.807, 2.05) is 18.2 Å². The summed E-state index contributed by atoms with van der Waals surface area (Å²) in [6.07, 6.45) is 2.68. The smallest absolute Gasteiger partial charge is 0.129 e. The molecule has 0 aromatic heterocycles. The molecule has 0 saturated carbocycles. The molecule has 1 aromatic rings. The molecule has 0 amide bonds. The molecule has 0 atom stereocenters. The Kier molecular flexibility index (Phi) is 6.47. The van der Waals surface area contributed by atoms with Crippen LogP contribution in [0.25, 0.3) is 0 Å². The lowest BCUT2D eigenvalue weighted by molar-refractivity contribution is 0.266. The van der Waals surface area contributed by atoms with Crippen LogP contribution in [0.3, 0.4) is 0 Å². The Labute approximate surface area is 115 Å². The van der Waals surface area contributed by atoms with Crippen LogP contribution in [0.5, 0.6) is 5.75 Å². The van der Waals surface area contributed by atoms with Gasteiger partial charge in [0, 0.05) is 11.1 Å². The summed E-state index contributed by atoms with van der Waals surface area (Å²) in [5.74, 6) is 0.713. The molecular formula is C12H16BrNO2S. The second kappa shape index (κ2) is 7.63. The van der Waals surface area contributed by atoms with Gasteiger partial charge in [-0.2, -0.15) is 0 Å². The van der Waals surface area contributed by atoms with Crippen molar-refractivity contribution in [2.45, 2.75) is 19.3 Å². The minimum absolute atomic E-state index is 0.233. The number of hydrogen-bond acceptors (Lipinski definition) is 3. The quantitative estimate of drug-likeness (QED) is 0.599. The maximum absolute atomic E-state index is 8.65. The number of aliphatic hydroxyl groups excluding tert-OH is 1. The van der Waals surface area contributed by atoms with Gasteiger partial charge in [0.1, 0.15) is 10.7 Å². The van der Waals surface area contributed by atoms with Gasteiger partial charge in [0.15, 0.2) is 0 Å². The summed E-state index contributed by atoms with van der Waals surface area (Å²) in [5.41, 5.74) is 6.38. The van der Waals surface area contributed by atoms with Gasteiger partial charge in [-0.1, -0.05) is 28.1 Å². The highest BCUT2D eigenvalue weighted by Gasteiger charge is 2.06. The van der Waals surface area contributed by atoms with Crippen molar-refractivity contribution in [2.75, 3.05) is 13.2 Å². The molecule has 3 nitrogen and oxygen atoms in total. The SMILES string of the molecule is NC(=S)c1cc(Br)ccc1OCCCCCO. The van der Waals surface area contributed by atoms with Crippen LogP contribution in [0.1, 0.15) is 24.8 Å². The molecule has 0 radical (unpaired) electrons. The Balaban J connectivity index is 2.55. The Hall–Kier alpha value is -0.650. The number of thiocarbonyl (C=S) groups is 1. The second-order valence-corrected chi connectivity index (χ2v) is 4.99. The van der Waals surface area contributed by atoms with Crippen molar-refractivity contribution in [1.29, 1.82) is 0 Å².